The first-order chi connectivity index (χ1) is 18.4. The Kier molecular flexibility index (Phi) is 6.84. The van der Waals surface area contributed by atoms with E-state index in [9.17, 15) is 4.79 Å². The molecular formula is C28H37N7O2S. The lowest BCUT2D eigenvalue weighted by Crippen LogP contribution is -2.40. The molecule has 6 rings (SSSR count). The Labute approximate surface area is 228 Å². The van der Waals surface area contributed by atoms with Crippen molar-refractivity contribution in [1.82, 2.24) is 29.3 Å². The number of pyridine rings is 1. The van der Waals surface area contributed by atoms with Gasteiger partial charge in [0.2, 0.25) is 5.88 Å². The summed E-state index contributed by atoms with van der Waals surface area (Å²) in [4.78, 5) is 20.7. The third-order valence-corrected chi connectivity index (χ3v) is 8.95. The molecule has 1 amide bonds. The van der Waals surface area contributed by atoms with Gasteiger partial charge in [0.15, 0.2) is 5.82 Å². The molecule has 4 bridgehead atoms. The maximum atomic E-state index is 13.4. The molecule has 2 atom stereocenters. The van der Waals surface area contributed by atoms with Gasteiger partial charge in [-0.25, -0.2) is 9.67 Å². The van der Waals surface area contributed by atoms with Crippen molar-refractivity contribution in [2.75, 3.05) is 18.1 Å². The molecule has 38 heavy (non-hydrogen) atoms. The third-order valence-electron chi connectivity index (χ3n) is 8.23. The van der Waals surface area contributed by atoms with Crippen LogP contribution in [0.2, 0.25) is 0 Å². The number of hydrogen-bond acceptors (Lipinski definition) is 7. The van der Waals surface area contributed by atoms with Crippen LogP contribution in [0.25, 0.3) is 5.82 Å². The minimum absolute atomic E-state index is 0.117. The van der Waals surface area contributed by atoms with Crippen molar-refractivity contribution in [3.63, 3.8) is 0 Å². The lowest BCUT2D eigenvalue weighted by molar-refractivity contribution is 0.0984. The summed E-state index contributed by atoms with van der Waals surface area (Å²) in [6.45, 7) is 9.23. The summed E-state index contributed by atoms with van der Waals surface area (Å²) in [6, 6.07) is 7.54. The summed E-state index contributed by atoms with van der Waals surface area (Å²) in [5.41, 5.74) is 0.442. The first-order valence-electron chi connectivity index (χ1n) is 13.8. The van der Waals surface area contributed by atoms with Crippen LogP contribution in [0.1, 0.15) is 69.7 Å². The number of ether oxygens (including phenoxy) is 1. The number of aromatic nitrogens is 5. The van der Waals surface area contributed by atoms with Gasteiger partial charge in [-0.1, -0.05) is 6.92 Å². The van der Waals surface area contributed by atoms with Gasteiger partial charge in [0, 0.05) is 49.0 Å². The average Bonchev–Trinajstić information content (AvgIpc) is 3.33. The van der Waals surface area contributed by atoms with E-state index in [2.05, 4.69) is 40.6 Å². The van der Waals surface area contributed by atoms with Crippen LogP contribution in [-0.4, -0.2) is 49.1 Å². The second kappa shape index (κ2) is 10.3. The van der Waals surface area contributed by atoms with Gasteiger partial charge in [0.1, 0.15) is 10.8 Å². The van der Waals surface area contributed by atoms with Crippen LogP contribution in [0.3, 0.4) is 0 Å². The maximum Gasteiger partial charge on any atom is 0.265 e. The smallest absolute Gasteiger partial charge is 0.265 e. The summed E-state index contributed by atoms with van der Waals surface area (Å²) < 4.78 is 12.6. The van der Waals surface area contributed by atoms with E-state index < -0.39 is 0 Å². The molecule has 10 heteroatoms. The lowest BCUT2D eigenvalue weighted by Gasteiger charge is -2.34. The van der Waals surface area contributed by atoms with Gasteiger partial charge in [-0.05, 0) is 88.3 Å². The minimum atomic E-state index is -0.177. The highest BCUT2D eigenvalue weighted by Gasteiger charge is 2.40. The van der Waals surface area contributed by atoms with Crippen molar-refractivity contribution < 1.29 is 9.53 Å². The zero-order valence-electron chi connectivity index (χ0n) is 22.5. The van der Waals surface area contributed by atoms with E-state index in [-0.39, 0.29) is 11.4 Å². The molecule has 202 valence electrons. The molecule has 3 aliphatic rings. The Morgan fingerprint density at radius 1 is 1.16 bits per heavy atom. The van der Waals surface area contributed by atoms with E-state index in [1.54, 1.807) is 4.68 Å². The summed E-state index contributed by atoms with van der Waals surface area (Å²) >= 11 is 1.24. The first kappa shape index (κ1) is 25.3. The number of amides is 1. The van der Waals surface area contributed by atoms with E-state index >= 15 is 0 Å². The van der Waals surface area contributed by atoms with Crippen molar-refractivity contribution in [1.29, 1.82) is 0 Å². The number of anilines is 1. The molecule has 0 spiro atoms. The molecular weight excluding hydrogens is 498 g/mol. The van der Waals surface area contributed by atoms with Crippen LogP contribution in [0, 0.1) is 17.8 Å². The van der Waals surface area contributed by atoms with Gasteiger partial charge in [-0.2, -0.15) is 5.10 Å². The maximum absolute atomic E-state index is 13.4. The first-order valence-corrected chi connectivity index (χ1v) is 14.7. The second-order valence-corrected chi connectivity index (χ2v) is 12.5. The highest BCUT2D eigenvalue weighted by Crippen LogP contribution is 2.40. The van der Waals surface area contributed by atoms with Crippen molar-refractivity contribution >= 4 is 23.7 Å². The predicted molar refractivity (Wildman–Crippen MR) is 148 cm³/mol. The van der Waals surface area contributed by atoms with E-state index in [1.165, 1.54) is 24.8 Å². The van der Waals surface area contributed by atoms with Crippen LogP contribution in [0.15, 0.2) is 41.7 Å². The summed E-state index contributed by atoms with van der Waals surface area (Å²) in [5, 5.41) is 10.0. The van der Waals surface area contributed by atoms with Gasteiger partial charge < -0.3 is 9.64 Å². The number of carbonyl (C=O) groups excluding carboxylic acids is 1. The molecule has 3 aromatic rings. The van der Waals surface area contributed by atoms with E-state index in [1.807, 2.05) is 41.3 Å². The van der Waals surface area contributed by atoms with Crippen LogP contribution in [0.4, 0.5) is 5.82 Å². The molecule has 0 radical (unpaired) electrons. The molecule has 1 saturated heterocycles. The van der Waals surface area contributed by atoms with Gasteiger partial charge in [-0.15, -0.1) is 5.10 Å². The number of nitrogens with zero attached hydrogens (tertiary/aromatic N) is 6. The number of carbonyl (C=O) groups is 1. The highest BCUT2D eigenvalue weighted by atomic mass is 32.2. The average molecular weight is 536 g/mol. The molecule has 2 fully saturated rings. The zero-order chi connectivity index (χ0) is 26.3. The topological polar surface area (TPSA) is 90.1 Å². The summed E-state index contributed by atoms with van der Waals surface area (Å²) in [6.07, 6.45) is 10.9. The number of aryl methyl sites for hydroxylation is 1. The van der Waals surface area contributed by atoms with Gasteiger partial charge >= 0.3 is 0 Å². The second-order valence-electron chi connectivity index (χ2n) is 11.7. The van der Waals surface area contributed by atoms with Crippen molar-refractivity contribution in [2.24, 2.45) is 17.8 Å². The van der Waals surface area contributed by atoms with E-state index in [4.69, 9.17) is 9.72 Å². The van der Waals surface area contributed by atoms with Crippen molar-refractivity contribution in [3.05, 3.63) is 42.2 Å². The summed E-state index contributed by atoms with van der Waals surface area (Å²) in [5.74, 6) is 3.91. The third kappa shape index (κ3) is 5.41. The molecule has 0 aromatic carbocycles. The van der Waals surface area contributed by atoms with E-state index in [0.717, 1.165) is 49.7 Å². The number of nitrogens with one attached hydrogen (secondary N) is 1. The molecule has 1 N–H and O–H groups in total. The zero-order valence-corrected chi connectivity index (χ0v) is 23.3. The van der Waals surface area contributed by atoms with Crippen molar-refractivity contribution in [2.45, 2.75) is 76.4 Å². The Morgan fingerprint density at radius 3 is 2.87 bits per heavy atom. The molecule has 5 heterocycles. The van der Waals surface area contributed by atoms with Gasteiger partial charge in [-0.3, -0.25) is 14.2 Å². The SMILES string of the molecule is CC(CCOc1ccn(-c2ccc3c(n2)N2CC(CCCn4ccc(n4)SNC3=O)CC2(C)C)n1)C1CC1. The number of fused-ring (bicyclic) bond motifs is 6. The lowest BCUT2D eigenvalue weighted by atomic mass is 9.93. The summed E-state index contributed by atoms with van der Waals surface area (Å²) in [7, 11) is 0. The molecule has 9 nitrogen and oxygen atoms in total. The fraction of sp³-hybridized carbons (Fsp3) is 0.571. The Morgan fingerprint density at radius 2 is 2.03 bits per heavy atom. The minimum Gasteiger partial charge on any atom is -0.477 e. The van der Waals surface area contributed by atoms with Crippen molar-refractivity contribution in [3.8, 4) is 11.7 Å². The monoisotopic (exact) mass is 535 g/mol. The Bertz CT molecular complexity index is 1300. The molecule has 3 aromatic heterocycles. The fourth-order valence-electron chi connectivity index (χ4n) is 5.88. The van der Waals surface area contributed by atoms with E-state index in [0.29, 0.717) is 41.5 Å². The number of rotatable bonds is 6. The largest absolute Gasteiger partial charge is 0.477 e. The molecule has 2 unspecified atom stereocenters. The Hall–Kier alpha value is -3.01. The molecule has 1 saturated carbocycles. The van der Waals surface area contributed by atoms with Gasteiger partial charge in [0.25, 0.3) is 5.91 Å². The fourth-order valence-corrected chi connectivity index (χ4v) is 6.46. The molecule has 2 aliphatic heterocycles. The van der Waals surface area contributed by atoms with Crippen LogP contribution < -0.4 is 14.4 Å². The highest BCUT2D eigenvalue weighted by molar-refractivity contribution is 7.97. The van der Waals surface area contributed by atoms with Gasteiger partial charge in [0.05, 0.1) is 12.2 Å². The Balaban J connectivity index is 1.26. The normalized spacial score (nSPS) is 21.9. The van der Waals surface area contributed by atoms with Crippen LogP contribution in [-0.2, 0) is 6.54 Å². The predicted octanol–water partition coefficient (Wildman–Crippen LogP) is 5.11. The molecule has 1 aliphatic carbocycles. The quantitative estimate of drug-likeness (QED) is 0.439. The van der Waals surface area contributed by atoms with Crippen LogP contribution >= 0.6 is 11.9 Å². The standard InChI is InChI=1S/C28H37N7O2S/c1-19(21-6-7-21)12-16-37-24-10-15-35(30-24)23-9-8-22-26(29-23)34-18-20(17-28(34,2)3)5-4-13-33-14-11-25(31-33)38-32-27(22)36/h8-11,14-15,19-21H,4-7,12-13,16-18H2,1-3H3,(H,32,36). The van der Waals surface area contributed by atoms with Crippen LogP contribution in [0.5, 0.6) is 5.88 Å². The number of hydrogen-bond donors (Lipinski definition) is 1.